The van der Waals surface area contributed by atoms with Crippen LogP contribution in [-0.2, 0) is 18.7 Å². The molecule has 0 fully saturated rings. The van der Waals surface area contributed by atoms with Gasteiger partial charge in [-0.25, -0.2) is 0 Å². The minimum Gasteiger partial charge on any atom is -0.497 e. The number of aliphatic hydroxyl groups is 1. The van der Waals surface area contributed by atoms with Gasteiger partial charge in [0.05, 0.1) is 32.8 Å². The molecular weight excluding hydrogens is 584 g/mol. The van der Waals surface area contributed by atoms with Gasteiger partial charge >= 0.3 is 5.97 Å². The van der Waals surface area contributed by atoms with Crippen molar-refractivity contribution >= 4 is 24.7 Å². The minimum absolute atomic E-state index is 0.0116. The quantitative estimate of drug-likeness (QED) is 0.116. The third-order valence-corrected chi connectivity index (χ3v) is 12.4. The van der Waals surface area contributed by atoms with Gasteiger partial charge in [-0.2, -0.15) is 0 Å². The predicted octanol–water partition coefficient (Wildman–Crippen LogP) is 6.07. The molecule has 0 saturated carbocycles. The summed E-state index contributed by atoms with van der Waals surface area (Å²) in [6.07, 6.45) is -1.54. The number of carbonyl (C=O) groups excluding carboxylic acids is 1. The van der Waals surface area contributed by atoms with Crippen LogP contribution < -0.4 is 19.8 Å². The van der Waals surface area contributed by atoms with Gasteiger partial charge in [-0.1, -0.05) is 88.0 Å². The largest absolute Gasteiger partial charge is 0.497 e. The van der Waals surface area contributed by atoms with Crippen LogP contribution in [0.4, 0.5) is 0 Å². The van der Waals surface area contributed by atoms with Crippen LogP contribution in [0.2, 0.25) is 5.04 Å². The Balaban J connectivity index is 1.74. The van der Waals surface area contributed by atoms with E-state index in [1.807, 2.05) is 81.4 Å². The molecule has 0 amide bonds. The maximum Gasteiger partial charge on any atom is 0.309 e. The molecule has 0 aliphatic rings. The average Bonchev–Trinajstić information content (AvgIpc) is 2.99. The van der Waals surface area contributed by atoms with Crippen LogP contribution in [0.3, 0.4) is 0 Å². The number of benzene rings is 3. The smallest absolute Gasteiger partial charge is 0.309 e. The van der Waals surface area contributed by atoms with E-state index >= 15 is 0 Å². The van der Waals surface area contributed by atoms with Gasteiger partial charge in [0.15, 0.2) is 0 Å². The van der Waals surface area contributed by atoms with Crippen molar-refractivity contribution in [1.29, 1.82) is 0 Å². The molecule has 3 aromatic rings. The number of hydrogen-bond acceptors (Lipinski definition) is 7. The summed E-state index contributed by atoms with van der Waals surface area (Å²) in [5.41, 5.74) is 0.158. The molecule has 0 bridgehead atoms. The Bertz CT molecular complexity index is 1290. The van der Waals surface area contributed by atoms with Crippen LogP contribution >= 0.6 is 0 Å². The number of esters is 1. The molecule has 0 aliphatic heterocycles. The standard InChI is InChI=1S/C37H50O7Si/c1-28(26-42-30-21-19-29(40-8)20-22-30)23-24-41-34(25-35(39)44-36(2,3)4)33(38)27-43-45(37(5,6)7,31-15-11-9-12-16-31)32-17-13-10-14-18-32/h9-22,33-34,38H,1,23-27H2,2-8H3/t33-,34-/m0/s1. The van der Waals surface area contributed by atoms with E-state index in [-0.39, 0.29) is 24.7 Å². The summed E-state index contributed by atoms with van der Waals surface area (Å²) < 4.78 is 29.7. The van der Waals surface area contributed by atoms with Gasteiger partial charge in [0.2, 0.25) is 0 Å². The summed E-state index contributed by atoms with van der Waals surface area (Å²) in [6, 6.07) is 27.8. The summed E-state index contributed by atoms with van der Waals surface area (Å²) in [5, 5.41) is 13.5. The Hall–Kier alpha value is -3.43. The van der Waals surface area contributed by atoms with Crippen molar-refractivity contribution in [3.05, 3.63) is 97.1 Å². The Morgan fingerprint density at radius 1 is 0.844 bits per heavy atom. The van der Waals surface area contributed by atoms with Crippen LogP contribution in [-0.4, -0.2) is 64.1 Å². The summed E-state index contributed by atoms with van der Waals surface area (Å²) in [7, 11) is -1.29. The fourth-order valence-electron chi connectivity index (χ4n) is 5.22. The lowest BCUT2D eigenvalue weighted by Gasteiger charge is -2.43. The number of carbonyl (C=O) groups is 1. The van der Waals surface area contributed by atoms with E-state index in [1.54, 1.807) is 7.11 Å². The lowest BCUT2D eigenvalue weighted by atomic mass is 10.1. The molecule has 1 N–H and O–H groups in total. The van der Waals surface area contributed by atoms with Crippen LogP contribution in [0.15, 0.2) is 97.1 Å². The van der Waals surface area contributed by atoms with Crippen molar-refractivity contribution in [2.24, 2.45) is 0 Å². The topological polar surface area (TPSA) is 83.5 Å². The van der Waals surface area contributed by atoms with Gasteiger partial charge in [-0.05, 0) is 72.4 Å². The highest BCUT2D eigenvalue weighted by Gasteiger charge is 2.50. The molecule has 0 unspecified atom stereocenters. The molecule has 3 rings (SSSR count). The highest BCUT2D eigenvalue weighted by molar-refractivity contribution is 6.99. The van der Waals surface area contributed by atoms with Gasteiger partial charge in [-0.15, -0.1) is 0 Å². The van der Waals surface area contributed by atoms with Gasteiger partial charge in [0.1, 0.15) is 29.8 Å². The maximum atomic E-state index is 12.9. The SMILES string of the molecule is C=C(CCO[C@@H](CC(=O)OC(C)(C)C)[C@@H](O)CO[Si](c1ccccc1)(c1ccccc1)C(C)(C)C)COc1ccc(OC)cc1. The highest BCUT2D eigenvalue weighted by atomic mass is 28.4. The molecule has 0 heterocycles. The normalized spacial score (nSPS) is 13.5. The lowest BCUT2D eigenvalue weighted by Crippen LogP contribution is -2.67. The second kappa shape index (κ2) is 16.2. The fraction of sp³-hybridized carbons (Fsp3) is 0.432. The van der Waals surface area contributed by atoms with Crippen LogP contribution in [0.5, 0.6) is 11.5 Å². The van der Waals surface area contributed by atoms with E-state index in [4.69, 9.17) is 23.4 Å². The molecule has 45 heavy (non-hydrogen) atoms. The Kier molecular flexibility index (Phi) is 13.0. The van der Waals surface area contributed by atoms with Crippen molar-refractivity contribution in [2.45, 2.75) is 77.2 Å². The monoisotopic (exact) mass is 634 g/mol. The zero-order chi connectivity index (χ0) is 33.1. The maximum absolute atomic E-state index is 12.9. The van der Waals surface area contributed by atoms with Crippen LogP contribution in [0.25, 0.3) is 0 Å². The molecule has 0 radical (unpaired) electrons. The molecule has 7 nitrogen and oxygen atoms in total. The Labute approximate surface area is 270 Å². The number of ether oxygens (including phenoxy) is 4. The van der Waals surface area contributed by atoms with Crippen molar-refractivity contribution in [3.63, 3.8) is 0 Å². The Morgan fingerprint density at radius 3 is 1.87 bits per heavy atom. The highest BCUT2D eigenvalue weighted by Crippen LogP contribution is 2.37. The minimum atomic E-state index is -2.90. The zero-order valence-electron chi connectivity index (χ0n) is 27.9. The van der Waals surface area contributed by atoms with Crippen molar-refractivity contribution in [2.75, 3.05) is 26.9 Å². The van der Waals surface area contributed by atoms with E-state index in [2.05, 4.69) is 51.6 Å². The molecular formula is C37H50O7Si. The number of aliphatic hydroxyl groups excluding tert-OH is 1. The fourth-order valence-corrected chi connectivity index (χ4v) is 9.79. The predicted molar refractivity (Wildman–Crippen MR) is 182 cm³/mol. The summed E-state index contributed by atoms with van der Waals surface area (Å²) in [4.78, 5) is 12.9. The van der Waals surface area contributed by atoms with E-state index in [9.17, 15) is 9.90 Å². The lowest BCUT2D eigenvalue weighted by molar-refractivity contribution is -0.161. The van der Waals surface area contributed by atoms with Gasteiger partial charge in [0, 0.05) is 0 Å². The summed E-state index contributed by atoms with van der Waals surface area (Å²) in [6.45, 7) is 16.6. The average molecular weight is 635 g/mol. The van der Waals surface area contributed by atoms with E-state index in [1.165, 1.54) is 0 Å². The molecule has 0 saturated heterocycles. The summed E-state index contributed by atoms with van der Waals surface area (Å²) in [5.74, 6) is 1.01. The molecule has 244 valence electrons. The number of rotatable bonds is 16. The third-order valence-electron chi connectivity index (χ3n) is 7.39. The second-order valence-corrected chi connectivity index (χ2v) is 17.5. The van der Waals surface area contributed by atoms with Gasteiger partial charge in [-0.3, -0.25) is 4.79 Å². The molecule has 0 spiro atoms. The molecule has 0 aliphatic carbocycles. The van der Waals surface area contributed by atoms with Gasteiger partial charge in [0.25, 0.3) is 8.32 Å². The molecule has 3 aromatic carbocycles. The van der Waals surface area contributed by atoms with Crippen LogP contribution in [0, 0.1) is 0 Å². The molecule has 2 atom stereocenters. The van der Waals surface area contributed by atoms with Crippen LogP contribution in [0.1, 0.15) is 54.4 Å². The summed E-state index contributed by atoms with van der Waals surface area (Å²) >= 11 is 0. The van der Waals surface area contributed by atoms with E-state index in [0.29, 0.717) is 18.8 Å². The molecule has 0 aromatic heterocycles. The molecule has 8 heteroatoms. The second-order valence-electron chi connectivity index (χ2n) is 13.2. The third kappa shape index (κ3) is 10.6. The number of hydrogen-bond donors (Lipinski definition) is 1. The van der Waals surface area contributed by atoms with E-state index < -0.39 is 32.1 Å². The van der Waals surface area contributed by atoms with Gasteiger partial charge < -0.3 is 28.5 Å². The van der Waals surface area contributed by atoms with Crippen molar-refractivity contribution in [3.8, 4) is 11.5 Å². The van der Waals surface area contributed by atoms with Crippen molar-refractivity contribution < 1.29 is 33.3 Å². The number of methoxy groups -OCH3 is 1. The Morgan fingerprint density at radius 2 is 1.38 bits per heavy atom. The zero-order valence-corrected chi connectivity index (χ0v) is 28.9. The first-order valence-electron chi connectivity index (χ1n) is 15.4. The first-order chi connectivity index (χ1) is 21.2. The first-order valence-corrected chi connectivity index (χ1v) is 17.4. The first kappa shape index (κ1) is 36.0. The van der Waals surface area contributed by atoms with E-state index in [0.717, 1.165) is 21.7 Å². The van der Waals surface area contributed by atoms with Crippen molar-refractivity contribution in [1.82, 2.24) is 0 Å².